The monoisotopic (exact) mass is 512 g/mol. The Morgan fingerprint density at radius 3 is 2.54 bits per heavy atom. The number of halogens is 4. The Kier molecular flexibility index (Phi) is 6.90. The highest BCUT2D eigenvalue weighted by Crippen LogP contribution is 2.39. The summed E-state index contributed by atoms with van der Waals surface area (Å²) in [4.78, 5) is 34.5. The molecule has 8 nitrogen and oxygen atoms in total. The van der Waals surface area contributed by atoms with Crippen molar-refractivity contribution in [2.24, 2.45) is 5.41 Å². The van der Waals surface area contributed by atoms with Crippen LogP contribution >= 0.6 is 11.3 Å². The molecule has 0 radical (unpaired) electrons. The van der Waals surface area contributed by atoms with Crippen molar-refractivity contribution in [1.29, 1.82) is 0 Å². The van der Waals surface area contributed by atoms with Crippen molar-refractivity contribution in [3.63, 3.8) is 0 Å². The van der Waals surface area contributed by atoms with E-state index in [9.17, 15) is 22.4 Å². The maximum Gasteiger partial charge on any atom is 0.490 e. The number of carboxylic acid groups (broad SMARTS) is 1. The molecule has 2 saturated heterocycles. The average Bonchev–Trinajstić information content (AvgIpc) is 3.34. The number of anilines is 2. The number of benzene rings is 1. The Labute approximate surface area is 200 Å². The second kappa shape index (κ2) is 9.74. The summed E-state index contributed by atoms with van der Waals surface area (Å²) < 4.78 is 52.0. The molecular weight excluding hydrogens is 492 g/mol. The lowest BCUT2D eigenvalue weighted by atomic mass is 9.87. The van der Waals surface area contributed by atoms with Gasteiger partial charge in [-0.15, -0.1) is 11.3 Å². The number of aromatic nitrogens is 2. The van der Waals surface area contributed by atoms with Crippen LogP contribution in [0, 0.1) is 11.2 Å². The molecule has 1 N–H and O–H groups in total. The number of amides is 1. The van der Waals surface area contributed by atoms with Crippen molar-refractivity contribution < 1.29 is 37.0 Å². The van der Waals surface area contributed by atoms with Crippen molar-refractivity contribution >= 4 is 44.9 Å². The molecule has 1 amide bonds. The fourth-order valence-corrected chi connectivity index (χ4v) is 4.99. The average molecular weight is 512 g/mol. The minimum atomic E-state index is -5.08. The van der Waals surface area contributed by atoms with Gasteiger partial charge in [-0.25, -0.2) is 19.2 Å². The zero-order valence-electron chi connectivity index (χ0n) is 18.2. The molecule has 5 rings (SSSR count). The smallest absolute Gasteiger partial charge is 0.475 e. The topological polar surface area (TPSA) is 95.9 Å². The van der Waals surface area contributed by atoms with Gasteiger partial charge in [-0.3, -0.25) is 4.79 Å². The van der Waals surface area contributed by atoms with Crippen molar-refractivity contribution in [3.05, 3.63) is 47.9 Å². The zero-order valence-corrected chi connectivity index (χ0v) is 19.0. The van der Waals surface area contributed by atoms with E-state index in [1.165, 1.54) is 12.1 Å². The fraction of sp³-hybridized carbons (Fsp3) is 0.364. The van der Waals surface area contributed by atoms with Gasteiger partial charge >= 0.3 is 12.1 Å². The molecule has 1 spiro atoms. The van der Waals surface area contributed by atoms with E-state index in [0.29, 0.717) is 32.7 Å². The summed E-state index contributed by atoms with van der Waals surface area (Å²) in [6.07, 6.45) is -3.09. The highest BCUT2D eigenvalue weighted by molar-refractivity contribution is 7.17. The standard InChI is InChI=1S/C20H19FN4O2S.C2HF3O2/c21-14-1-3-15(4-2-14)25-11-20(9-17(25)26)10-24(6-7-27-12-20)19-18-16(5-8-28-18)22-13-23-19;3-2(4,5)1(6)7/h1-5,8,13H,6-7,9-12H2;(H,6,7). The Hall–Kier alpha value is -3.32. The van der Waals surface area contributed by atoms with Gasteiger partial charge in [0.2, 0.25) is 5.91 Å². The molecule has 0 saturated carbocycles. The largest absolute Gasteiger partial charge is 0.490 e. The molecule has 1 unspecified atom stereocenters. The highest BCUT2D eigenvalue weighted by Gasteiger charge is 2.46. The molecule has 2 aromatic heterocycles. The van der Waals surface area contributed by atoms with Crippen LogP contribution in [0.3, 0.4) is 0 Å². The lowest BCUT2D eigenvalue weighted by Gasteiger charge is -2.32. The van der Waals surface area contributed by atoms with Crippen molar-refractivity contribution in [2.45, 2.75) is 12.6 Å². The fourth-order valence-electron chi connectivity index (χ4n) is 4.13. The SMILES string of the molecule is O=C(O)C(F)(F)F.O=C1CC2(COCCN(c3ncnc4ccsc34)C2)CN1c1ccc(F)cc1. The number of carboxylic acids is 1. The number of thiophene rings is 1. The zero-order chi connectivity index (χ0) is 25.2. The molecule has 2 aliphatic heterocycles. The Bertz CT molecular complexity index is 1220. The highest BCUT2D eigenvalue weighted by atomic mass is 32.1. The number of fused-ring (bicyclic) bond motifs is 1. The van der Waals surface area contributed by atoms with Gasteiger partial charge in [0.05, 0.1) is 23.4 Å². The molecule has 1 aromatic carbocycles. The molecule has 4 heterocycles. The number of aliphatic carboxylic acids is 1. The number of hydrogen-bond donors (Lipinski definition) is 1. The third-order valence-electron chi connectivity index (χ3n) is 5.67. The van der Waals surface area contributed by atoms with Crippen LogP contribution in [0.1, 0.15) is 6.42 Å². The van der Waals surface area contributed by atoms with E-state index in [1.54, 1.807) is 34.7 Å². The van der Waals surface area contributed by atoms with Crippen LogP contribution < -0.4 is 9.80 Å². The first-order chi connectivity index (χ1) is 16.6. The number of carbonyl (C=O) groups is 2. The summed E-state index contributed by atoms with van der Waals surface area (Å²) >= 11 is 1.62. The van der Waals surface area contributed by atoms with Crippen LogP contribution in [0.25, 0.3) is 10.2 Å². The summed E-state index contributed by atoms with van der Waals surface area (Å²) in [6, 6.07) is 8.07. The minimum absolute atomic E-state index is 0.0426. The van der Waals surface area contributed by atoms with Crippen LogP contribution in [0.15, 0.2) is 42.0 Å². The van der Waals surface area contributed by atoms with Gasteiger partial charge in [0.1, 0.15) is 18.0 Å². The van der Waals surface area contributed by atoms with E-state index in [2.05, 4.69) is 14.9 Å². The Morgan fingerprint density at radius 1 is 1.14 bits per heavy atom. The van der Waals surface area contributed by atoms with Gasteiger partial charge in [0, 0.05) is 37.2 Å². The van der Waals surface area contributed by atoms with E-state index in [1.807, 2.05) is 11.4 Å². The van der Waals surface area contributed by atoms with Gasteiger partial charge in [-0.2, -0.15) is 13.2 Å². The van der Waals surface area contributed by atoms with Crippen molar-refractivity contribution in [2.75, 3.05) is 42.6 Å². The number of rotatable bonds is 2. The molecule has 1 atom stereocenters. The summed E-state index contributed by atoms with van der Waals surface area (Å²) in [7, 11) is 0. The van der Waals surface area contributed by atoms with Gasteiger partial charge in [-0.05, 0) is 35.7 Å². The molecule has 3 aromatic rings. The van der Waals surface area contributed by atoms with Crippen molar-refractivity contribution in [1.82, 2.24) is 9.97 Å². The molecule has 0 aliphatic carbocycles. The Balaban J connectivity index is 0.000000364. The molecule has 0 bridgehead atoms. The molecule has 35 heavy (non-hydrogen) atoms. The third-order valence-corrected chi connectivity index (χ3v) is 6.57. The number of alkyl halides is 3. The predicted octanol–water partition coefficient (Wildman–Crippen LogP) is 3.72. The second-order valence-electron chi connectivity index (χ2n) is 8.24. The molecule has 186 valence electrons. The lowest BCUT2D eigenvalue weighted by molar-refractivity contribution is -0.192. The molecule has 13 heteroatoms. The summed E-state index contributed by atoms with van der Waals surface area (Å²) in [6.45, 7) is 3.05. The van der Waals surface area contributed by atoms with Gasteiger partial charge < -0.3 is 19.6 Å². The maximum atomic E-state index is 13.3. The maximum absolute atomic E-state index is 13.3. The number of ether oxygens (including phenoxy) is 1. The summed E-state index contributed by atoms with van der Waals surface area (Å²) in [5, 5.41) is 9.14. The normalized spacial score (nSPS) is 20.6. The third kappa shape index (κ3) is 5.51. The second-order valence-corrected chi connectivity index (χ2v) is 9.16. The van der Waals surface area contributed by atoms with Crippen LogP contribution in [0.5, 0.6) is 0 Å². The van der Waals surface area contributed by atoms with E-state index < -0.39 is 12.1 Å². The molecule has 2 fully saturated rings. The molecule has 2 aliphatic rings. The van der Waals surface area contributed by atoms with E-state index in [-0.39, 0.29) is 17.1 Å². The van der Waals surface area contributed by atoms with E-state index in [4.69, 9.17) is 14.6 Å². The van der Waals surface area contributed by atoms with Gasteiger partial charge in [0.15, 0.2) is 0 Å². The number of hydrogen-bond acceptors (Lipinski definition) is 7. The first-order valence-corrected chi connectivity index (χ1v) is 11.3. The first-order valence-electron chi connectivity index (χ1n) is 10.4. The van der Waals surface area contributed by atoms with E-state index in [0.717, 1.165) is 28.3 Å². The minimum Gasteiger partial charge on any atom is -0.475 e. The van der Waals surface area contributed by atoms with Gasteiger partial charge in [-0.1, -0.05) is 0 Å². The molecular formula is C22H20F4N4O4S. The number of nitrogens with zero attached hydrogens (tertiary/aromatic N) is 4. The van der Waals surface area contributed by atoms with Crippen molar-refractivity contribution in [3.8, 4) is 0 Å². The van der Waals surface area contributed by atoms with Crippen LogP contribution in [0.2, 0.25) is 0 Å². The predicted molar refractivity (Wildman–Crippen MR) is 120 cm³/mol. The lowest BCUT2D eigenvalue weighted by Crippen LogP contribution is -2.41. The first kappa shape index (κ1) is 24.8. The summed E-state index contributed by atoms with van der Waals surface area (Å²) in [5.74, 6) is -2.12. The van der Waals surface area contributed by atoms with Gasteiger partial charge in [0.25, 0.3) is 0 Å². The number of carbonyl (C=O) groups excluding carboxylic acids is 1. The Morgan fingerprint density at radius 2 is 1.86 bits per heavy atom. The van der Waals surface area contributed by atoms with E-state index >= 15 is 0 Å². The van der Waals surface area contributed by atoms with Crippen LogP contribution in [-0.4, -0.2) is 66.0 Å². The summed E-state index contributed by atoms with van der Waals surface area (Å²) in [5.41, 5.74) is 1.34. The quantitative estimate of drug-likeness (QED) is 0.523. The van der Waals surface area contributed by atoms with Crippen LogP contribution in [-0.2, 0) is 14.3 Å². The van der Waals surface area contributed by atoms with Crippen LogP contribution in [0.4, 0.5) is 29.1 Å².